The minimum Gasteiger partial charge on any atom is -0.272 e. The zero-order chi connectivity index (χ0) is 18.2. The van der Waals surface area contributed by atoms with Crippen LogP contribution in [0.3, 0.4) is 0 Å². The van der Waals surface area contributed by atoms with Crippen molar-refractivity contribution < 1.29 is 9.59 Å². The maximum atomic E-state index is 12.2. The minimum absolute atomic E-state index is 0.0673. The molecule has 1 aliphatic rings. The molecule has 0 spiro atoms. The van der Waals surface area contributed by atoms with E-state index in [1.807, 2.05) is 42.5 Å². The molecule has 0 saturated carbocycles. The van der Waals surface area contributed by atoms with Gasteiger partial charge in [-0.05, 0) is 23.6 Å². The van der Waals surface area contributed by atoms with Crippen LogP contribution in [0.1, 0.15) is 23.6 Å². The Labute approximate surface area is 156 Å². The van der Waals surface area contributed by atoms with E-state index in [9.17, 15) is 9.59 Å². The maximum absolute atomic E-state index is 12.2. The Morgan fingerprint density at radius 1 is 1.12 bits per heavy atom. The molecule has 1 aromatic heterocycles. The van der Waals surface area contributed by atoms with Gasteiger partial charge in [-0.15, -0.1) is 11.8 Å². The number of hydrazine groups is 2. The third-order valence-electron chi connectivity index (χ3n) is 3.97. The molecule has 1 saturated heterocycles. The van der Waals surface area contributed by atoms with E-state index in [4.69, 9.17) is 0 Å². The van der Waals surface area contributed by atoms with E-state index in [2.05, 4.69) is 26.7 Å². The van der Waals surface area contributed by atoms with Crippen LogP contribution < -0.4 is 21.7 Å². The van der Waals surface area contributed by atoms with E-state index in [0.717, 1.165) is 11.1 Å². The van der Waals surface area contributed by atoms with Crippen LogP contribution in [0.4, 0.5) is 0 Å². The van der Waals surface area contributed by atoms with Gasteiger partial charge >= 0.3 is 0 Å². The molecule has 0 bridgehead atoms. The second kappa shape index (κ2) is 9.33. The molecule has 7 nitrogen and oxygen atoms in total. The van der Waals surface area contributed by atoms with Crippen molar-refractivity contribution in [1.82, 2.24) is 26.7 Å². The van der Waals surface area contributed by atoms with Gasteiger partial charge in [0.25, 0.3) is 5.91 Å². The largest absolute Gasteiger partial charge is 0.272 e. The Bertz CT molecular complexity index is 729. The monoisotopic (exact) mass is 371 g/mol. The smallest absolute Gasteiger partial charge is 0.256 e. The fourth-order valence-electron chi connectivity index (χ4n) is 2.63. The van der Waals surface area contributed by atoms with Crippen molar-refractivity contribution in [3.8, 4) is 0 Å². The summed E-state index contributed by atoms with van der Waals surface area (Å²) in [6.45, 7) is 0. The van der Waals surface area contributed by atoms with Crippen LogP contribution in [0.5, 0.6) is 0 Å². The third kappa shape index (κ3) is 5.29. The highest BCUT2D eigenvalue weighted by molar-refractivity contribution is 7.99. The summed E-state index contributed by atoms with van der Waals surface area (Å²) in [5, 5.41) is 0. The summed E-state index contributed by atoms with van der Waals surface area (Å²) in [4.78, 5) is 28.0. The van der Waals surface area contributed by atoms with Crippen LogP contribution in [0, 0.1) is 0 Å². The van der Waals surface area contributed by atoms with Crippen molar-refractivity contribution in [3.63, 3.8) is 0 Å². The van der Waals surface area contributed by atoms with Crippen LogP contribution in [0.15, 0.2) is 54.9 Å². The zero-order valence-corrected chi connectivity index (χ0v) is 15.0. The Balaban J connectivity index is 1.35. The standard InChI is InChI=1S/C18H21N5O2S/c24-17(12-26-11-13-5-4-8-19-10-13)22-23-18(25)16-9-15(20-21-16)14-6-2-1-3-7-14/h1-8,10,15-16,20-21H,9,11-12H2,(H,22,24)(H,23,25). The number of carbonyl (C=O) groups excluding carboxylic acids is 2. The van der Waals surface area contributed by atoms with Crippen molar-refractivity contribution in [1.29, 1.82) is 0 Å². The zero-order valence-electron chi connectivity index (χ0n) is 14.1. The number of rotatable bonds is 6. The van der Waals surface area contributed by atoms with Gasteiger partial charge in [0.1, 0.15) is 6.04 Å². The molecule has 8 heteroatoms. The highest BCUT2D eigenvalue weighted by Gasteiger charge is 2.30. The van der Waals surface area contributed by atoms with E-state index >= 15 is 0 Å². The predicted molar refractivity (Wildman–Crippen MR) is 101 cm³/mol. The molecule has 3 rings (SSSR count). The first kappa shape index (κ1) is 18.4. The summed E-state index contributed by atoms with van der Waals surface area (Å²) < 4.78 is 0. The van der Waals surface area contributed by atoms with Crippen LogP contribution in [0.2, 0.25) is 0 Å². The van der Waals surface area contributed by atoms with E-state index in [0.29, 0.717) is 12.2 Å². The third-order valence-corrected chi connectivity index (χ3v) is 4.98. The van der Waals surface area contributed by atoms with E-state index in [1.165, 1.54) is 11.8 Å². The maximum Gasteiger partial charge on any atom is 0.256 e. The minimum atomic E-state index is -0.399. The van der Waals surface area contributed by atoms with E-state index in [1.54, 1.807) is 12.4 Å². The van der Waals surface area contributed by atoms with Gasteiger partial charge in [-0.25, -0.2) is 10.9 Å². The average molecular weight is 371 g/mol. The lowest BCUT2D eigenvalue weighted by Gasteiger charge is -2.11. The second-order valence-corrected chi connectivity index (χ2v) is 6.92. The lowest BCUT2D eigenvalue weighted by Crippen LogP contribution is -2.50. The molecule has 2 unspecified atom stereocenters. The fraction of sp³-hybridized carbons (Fsp3) is 0.278. The molecule has 1 aliphatic heterocycles. The van der Waals surface area contributed by atoms with Gasteiger partial charge in [0.05, 0.1) is 5.75 Å². The SMILES string of the molecule is O=C(CSCc1cccnc1)NNC(=O)C1CC(c2ccccc2)NN1. The molecule has 2 heterocycles. The topological polar surface area (TPSA) is 95.2 Å². The number of hydrogen-bond donors (Lipinski definition) is 4. The lowest BCUT2D eigenvalue weighted by atomic mass is 10.0. The van der Waals surface area contributed by atoms with Crippen molar-refractivity contribution in [2.45, 2.75) is 24.3 Å². The number of nitrogens with zero attached hydrogens (tertiary/aromatic N) is 1. The van der Waals surface area contributed by atoms with Crippen LogP contribution in [-0.4, -0.2) is 28.6 Å². The summed E-state index contributed by atoms with van der Waals surface area (Å²) in [5.41, 5.74) is 13.2. The second-order valence-electron chi connectivity index (χ2n) is 5.93. The fourth-order valence-corrected chi connectivity index (χ4v) is 3.40. The van der Waals surface area contributed by atoms with Gasteiger partial charge in [-0.2, -0.15) is 0 Å². The Hall–Kier alpha value is -2.42. The van der Waals surface area contributed by atoms with Gasteiger partial charge in [0, 0.05) is 24.2 Å². The summed E-state index contributed by atoms with van der Waals surface area (Å²) in [5.74, 6) is 0.458. The van der Waals surface area contributed by atoms with Crippen LogP contribution >= 0.6 is 11.8 Å². The molecule has 1 fully saturated rings. The molecule has 136 valence electrons. The van der Waals surface area contributed by atoms with Gasteiger partial charge in [-0.3, -0.25) is 25.4 Å². The van der Waals surface area contributed by atoms with Crippen molar-refractivity contribution in [2.24, 2.45) is 0 Å². The van der Waals surface area contributed by atoms with Crippen LogP contribution in [-0.2, 0) is 15.3 Å². The number of carbonyl (C=O) groups is 2. The number of amides is 2. The van der Waals surface area contributed by atoms with Crippen molar-refractivity contribution >= 4 is 23.6 Å². The van der Waals surface area contributed by atoms with Gasteiger partial charge in [-0.1, -0.05) is 36.4 Å². The molecule has 4 N–H and O–H groups in total. The molecule has 0 radical (unpaired) electrons. The van der Waals surface area contributed by atoms with Crippen molar-refractivity contribution in [3.05, 3.63) is 66.0 Å². The van der Waals surface area contributed by atoms with Crippen LogP contribution in [0.25, 0.3) is 0 Å². The number of nitrogens with one attached hydrogen (secondary N) is 4. The first-order valence-electron chi connectivity index (χ1n) is 8.34. The van der Waals surface area contributed by atoms with E-state index < -0.39 is 6.04 Å². The normalized spacial score (nSPS) is 19.1. The Morgan fingerprint density at radius 3 is 2.73 bits per heavy atom. The Morgan fingerprint density at radius 2 is 1.96 bits per heavy atom. The number of benzene rings is 1. The lowest BCUT2D eigenvalue weighted by molar-refractivity contribution is -0.128. The summed E-state index contributed by atoms with van der Waals surface area (Å²) in [6.07, 6.45) is 4.10. The molecule has 26 heavy (non-hydrogen) atoms. The molecule has 2 aromatic rings. The molecular formula is C18H21N5O2S. The summed E-state index contributed by atoms with van der Waals surface area (Å²) >= 11 is 1.46. The first-order valence-corrected chi connectivity index (χ1v) is 9.49. The summed E-state index contributed by atoms with van der Waals surface area (Å²) in [7, 11) is 0. The summed E-state index contributed by atoms with van der Waals surface area (Å²) in [6, 6.07) is 13.4. The highest BCUT2D eigenvalue weighted by Crippen LogP contribution is 2.21. The first-order chi connectivity index (χ1) is 12.7. The van der Waals surface area contributed by atoms with Gasteiger partial charge in [0.15, 0.2) is 0 Å². The number of hydrogen-bond acceptors (Lipinski definition) is 6. The van der Waals surface area contributed by atoms with Crippen molar-refractivity contribution in [2.75, 3.05) is 5.75 Å². The predicted octanol–water partition coefficient (Wildman–Crippen LogP) is 1.07. The van der Waals surface area contributed by atoms with Gasteiger partial charge in [0.2, 0.25) is 5.91 Å². The molecule has 1 aromatic carbocycles. The highest BCUT2D eigenvalue weighted by atomic mass is 32.2. The molecule has 2 amide bonds. The van der Waals surface area contributed by atoms with E-state index in [-0.39, 0.29) is 23.6 Å². The Kier molecular flexibility index (Phi) is 6.59. The average Bonchev–Trinajstić information content (AvgIpc) is 3.18. The molecular weight excluding hydrogens is 350 g/mol. The molecule has 0 aliphatic carbocycles. The molecule has 2 atom stereocenters. The number of pyridine rings is 1. The quantitative estimate of drug-likeness (QED) is 0.568. The number of thioether (sulfide) groups is 1. The van der Waals surface area contributed by atoms with Gasteiger partial charge < -0.3 is 0 Å². The number of aromatic nitrogens is 1.